The maximum absolute atomic E-state index is 13.0. The molecule has 31 heavy (non-hydrogen) atoms. The van der Waals surface area contributed by atoms with Gasteiger partial charge < -0.3 is 26.2 Å². The molecule has 1 aliphatic rings. The van der Waals surface area contributed by atoms with Crippen LogP contribution in [0.2, 0.25) is 0 Å². The van der Waals surface area contributed by atoms with Gasteiger partial charge >= 0.3 is 5.97 Å². The van der Waals surface area contributed by atoms with E-state index in [0.717, 1.165) is 5.56 Å². The predicted octanol–water partition coefficient (Wildman–Crippen LogP) is 0.574. The molecule has 170 valence electrons. The molecule has 0 aliphatic heterocycles. The summed E-state index contributed by atoms with van der Waals surface area (Å²) in [6, 6.07) is 4.46. The SMILES string of the molecule is CCOC(=O)C1(N)CCCC1C(=O)[C@H](C)NC(=O)[C@H](Cc1ccc(O)cc1)NC(C)=O. The van der Waals surface area contributed by atoms with E-state index in [4.69, 9.17) is 10.5 Å². The van der Waals surface area contributed by atoms with E-state index < -0.39 is 41.3 Å². The van der Waals surface area contributed by atoms with Gasteiger partial charge in [-0.3, -0.25) is 19.2 Å². The molecule has 0 saturated heterocycles. The minimum Gasteiger partial charge on any atom is -0.508 e. The van der Waals surface area contributed by atoms with Crippen LogP contribution >= 0.6 is 0 Å². The van der Waals surface area contributed by atoms with E-state index in [-0.39, 0.29) is 24.6 Å². The van der Waals surface area contributed by atoms with Crippen LogP contribution in [-0.2, 0) is 30.3 Å². The summed E-state index contributed by atoms with van der Waals surface area (Å²) < 4.78 is 5.06. The smallest absolute Gasteiger partial charge is 0.326 e. The number of Topliss-reactive ketones (excluding diaryl/α,β-unsaturated/α-hetero) is 1. The maximum atomic E-state index is 13.0. The molecule has 0 aromatic heterocycles. The average Bonchev–Trinajstić information content (AvgIpc) is 3.11. The van der Waals surface area contributed by atoms with Gasteiger partial charge in [-0.25, -0.2) is 0 Å². The van der Waals surface area contributed by atoms with E-state index in [2.05, 4.69) is 10.6 Å². The van der Waals surface area contributed by atoms with Crippen LogP contribution in [-0.4, -0.2) is 52.9 Å². The molecule has 1 aromatic carbocycles. The zero-order valence-corrected chi connectivity index (χ0v) is 18.1. The van der Waals surface area contributed by atoms with Crippen LogP contribution in [0.15, 0.2) is 24.3 Å². The van der Waals surface area contributed by atoms with Crippen LogP contribution < -0.4 is 16.4 Å². The molecule has 1 aliphatic carbocycles. The number of ketones is 1. The number of esters is 1. The van der Waals surface area contributed by atoms with E-state index in [0.29, 0.717) is 19.3 Å². The number of phenolic OH excluding ortho intramolecular Hbond substituents is 1. The molecule has 2 amide bonds. The van der Waals surface area contributed by atoms with Crippen molar-refractivity contribution < 1.29 is 29.0 Å². The Bertz CT molecular complexity index is 825. The summed E-state index contributed by atoms with van der Waals surface area (Å²) in [5.74, 6) is -2.52. The number of hydrogen-bond acceptors (Lipinski definition) is 7. The molecule has 1 aromatic rings. The lowest BCUT2D eigenvalue weighted by Gasteiger charge is -2.30. The van der Waals surface area contributed by atoms with Crippen molar-refractivity contribution in [3.05, 3.63) is 29.8 Å². The van der Waals surface area contributed by atoms with Crippen molar-refractivity contribution in [1.29, 1.82) is 0 Å². The summed E-state index contributed by atoms with van der Waals surface area (Å²) >= 11 is 0. The molecular formula is C22H31N3O6. The minimum atomic E-state index is -1.39. The van der Waals surface area contributed by atoms with Gasteiger partial charge in [0.15, 0.2) is 5.78 Å². The second kappa shape index (κ2) is 10.4. The molecule has 1 saturated carbocycles. The second-order valence-electron chi connectivity index (χ2n) is 7.96. The number of carbonyl (C=O) groups excluding carboxylic acids is 4. The van der Waals surface area contributed by atoms with Crippen molar-refractivity contribution in [3.63, 3.8) is 0 Å². The minimum absolute atomic E-state index is 0.0897. The fourth-order valence-corrected chi connectivity index (χ4v) is 3.95. The molecule has 0 radical (unpaired) electrons. The highest BCUT2D eigenvalue weighted by Gasteiger charge is 2.51. The summed E-state index contributed by atoms with van der Waals surface area (Å²) in [5, 5.41) is 14.6. The molecule has 5 N–H and O–H groups in total. The Morgan fingerprint density at radius 2 is 1.87 bits per heavy atom. The Balaban J connectivity index is 2.09. The molecular weight excluding hydrogens is 402 g/mol. The number of nitrogens with one attached hydrogen (secondary N) is 2. The summed E-state index contributed by atoms with van der Waals surface area (Å²) in [4.78, 5) is 49.8. The van der Waals surface area contributed by atoms with Gasteiger partial charge in [0.25, 0.3) is 0 Å². The van der Waals surface area contributed by atoms with Crippen molar-refractivity contribution >= 4 is 23.6 Å². The number of nitrogens with two attached hydrogens (primary N) is 1. The largest absolute Gasteiger partial charge is 0.508 e. The summed E-state index contributed by atoms with van der Waals surface area (Å²) in [6.45, 7) is 4.68. The third-order valence-corrected chi connectivity index (χ3v) is 5.56. The molecule has 2 rings (SSSR count). The Kier molecular flexibility index (Phi) is 8.15. The number of ether oxygens (including phenoxy) is 1. The van der Waals surface area contributed by atoms with E-state index in [1.165, 1.54) is 26.0 Å². The number of rotatable bonds is 9. The number of benzene rings is 1. The first kappa shape index (κ1) is 24.3. The Morgan fingerprint density at radius 3 is 2.45 bits per heavy atom. The van der Waals surface area contributed by atoms with Crippen LogP contribution in [0.4, 0.5) is 0 Å². The molecule has 0 heterocycles. The summed E-state index contributed by atoms with van der Waals surface area (Å²) in [6.07, 6.45) is 1.58. The number of aromatic hydroxyl groups is 1. The monoisotopic (exact) mass is 433 g/mol. The van der Waals surface area contributed by atoms with Crippen LogP contribution in [0.3, 0.4) is 0 Å². The highest BCUT2D eigenvalue weighted by atomic mass is 16.5. The number of phenols is 1. The molecule has 0 bridgehead atoms. The van der Waals surface area contributed by atoms with Crippen molar-refractivity contribution in [3.8, 4) is 5.75 Å². The van der Waals surface area contributed by atoms with E-state index in [1.807, 2.05) is 0 Å². The quantitative estimate of drug-likeness (QED) is 0.416. The van der Waals surface area contributed by atoms with E-state index >= 15 is 0 Å². The van der Waals surface area contributed by atoms with Gasteiger partial charge in [0.1, 0.15) is 17.3 Å². The molecule has 4 atom stereocenters. The normalized spacial score (nSPS) is 22.3. The van der Waals surface area contributed by atoms with Gasteiger partial charge in [0.05, 0.1) is 12.6 Å². The predicted molar refractivity (Wildman–Crippen MR) is 113 cm³/mol. The highest BCUT2D eigenvalue weighted by molar-refractivity contribution is 5.97. The molecule has 2 unspecified atom stereocenters. The van der Waals surface area contributed by atoms with Gasteiger partial charge in [0.2, 0.25) is 11.8 Å². The summed E-state index contributed by atoms with van der Waals surface area (Å²) in [5.41, 5.74) is 5.59. The van der Waals surface area contributed by atoms with Crippen LogP contribution in [0.5, 0.6) is 5.75 Å². The van der Waals surface area contributed by atoms with Gasteiger partial charge in [-0.05, 0) is 44.4 Å². The fraction of sp³-hybridized carbons (Fsp3) is 0.545. The van der Waals surface area contributed by atoms with Crippen LogP contribution in [0.25, 0.3) is 0 Å². The van der Waals surface area contributed by atoms with Crippen molar-refractivity contribution in [2.24, 2.45) is 11.7 Å². The number of carbonyl (C=O) groups is 4. The van der Waals surface area contributed by atoms with Gasteiger partial charge in [-0.15, -0.1) is 0 Å². The lowest BCUT2D eigenvalue weighted by Crippen LogP contribution is -2.58. The molecule has 0 spiro atoms. The summed E-state index contributed by atoms with van der Waals surface area (Å²) in [7, 11) is 0. The Morgan fingerprint density at radius 1 is 1.23 bits per heavy atom. The zero-order chi connectivity index (χ0) is 23.2. The highest BCUT2D eigenvalue weighted by Crippen LogP contribution is 2.36. The molecule has 9 heteroatoms. The first-order chi connectivity index (χ1) is 14.6. The van der Waals surface area contributed by atoms with E-state index in [1.54, 1.807) is 19.1 Å². The first-order valence-electron chi connectivity index (χ1n) is 10.4. The standard InChI is InChI=1S/C22H31N3O6/c1-4-31-21(30)22(23)11-5-6-17(22)19(28)13(2)24-20(29)18(25-14(3)26)12-15-7-9-16(27)10-8-15/h7-10,13,17-18,27H,4-6,11-12,23H2,1-3H3,(H,24,29)(H,25,26)/t13-,17?,18-,22?/m0/s1. The van der Waals surface area contributed by atoms with Gasteiger partial charge in [-0.1, -0.05) is 18.6 Å². The lowest BCUT2D eigenvalue weighted by molar-refractivity contribution is -0.153. The fourth-order valence-electron chi connectivity index (χ4n) is 3.95. The van der Waals surface area contributed by atoms with Gasteiger partial charge in [-0.2, -0.15) is 0 Å². The average molecular weight is 434 g/mol. The Labute approximate surface area is 181 Å². The Hall–Kier alpha value is -2.94. The third-order valence-electron chi connectivity index (χ3n) is 5.56. The topological polar surface area (TPSA) is 148 Å². The number of amides is 2. The third kappa shape index (κ3) is 6.04. The maximum Gasteiger partial charge on any atom is 0.326 e. The van der Waals surface area contributed by atoms with Crippen molar-refractivity contribution in [2.75, 3.05) is 6.61 Å². The lowest BCUT2D eigenvalue weighted by atomic mass is 9.82. The van der Waals surface area contributed by atoms with Crippen LogP contribution in [0, 0.1) is 5.92 Å². The number of hydrogen-bond donors (Lipinski definition) is 4. The van der Waals surface area contributed by atoms with Crippen molar-refractivity contribution in [1.82, 2.24) is 10.6 Å². The first-order valence-corrected chi connectivity index (χ1v) is 10.4. The zero-order valence-electron chi connectivity index (χ0n) is 18.1. The van der Waals surface area contributed by atoms with Crippen LogP contribution in [0.1, 0.15) is 45.6 Å². The second-order valence-corrected chi connectivity index (χ2v) is 7.96. The van der Waals surface area contributed by atoms with E-state index in [9.17, 15) is 24.3 Å². The molecule has 1 fully saturated rings. The van der Waals surface area contributed by atoms with Crippen molar-refractivity contribution in [2.45, 2.75) is 64.1 Å². The molecule has 9 nitrogen and oxygen atoms in total. The van der Waals surface area contributed by atoms with Gasteiger partial charge in [0, 0.05) is 19.3 Å².